The van der Waals surface area contributed by atoms with E-state index in [0.29, 0.717) is 41.5 Å². The van der Waals surface area contributed by atoms with Gasteiger partial charge in [0, 0.05) is 29.6 Å². The van der Waals surface area contributed by atoms with Crippen LogP contribution < -0.4 is 15.4 Å². The zero-order chi connectivity index (χ0) is 24.4. The molecule has 2 unspecified atom stereocenters. The summed E-state index contributed by atoms with van der Waals surface area (Å²) >= 11 is 12.4. The van der Waals surface area contributed by atoms with Crippen molar-refractivity contribution in [3.8, 4) is 0 Å². The van der Waals surface area contributed by atoms with Crippen LogP contribution in [0.3, 0.4) is 0 Å². The molecule has 4 saturated carbocycles. The monoisotopic (exact) mass is 528 g/mol. The number of aryl methyl sites for hydroxylation is 1. The Balaban J connectivity index is 1.30. The van der Waals surface area contributed by atoms with Gasteiger partial charge >= 0.3 is 10.2 Å². The van der Waals surface area contributed by atoms with Crippen LogP contribution in [0, 0.1) is 30.1 Å². The molecule has 1 heterocycles. The van der Waals surface area contributed by atoms with Crippen LogP contribution in [0.1, 0.15) is 44.1 Å². The SMILES string of the molecule is Cc1cc(Cl)cc(Cl)c1N1CCCN(CC(=O)NC2C3CC4CC2CC(C(N)=O)(C4)C3)S1(=O)=O. The van der Waals surface area contributed by atoms with Gasteiger partial charge in [-0.1, -0.05) is 23.2 Å². The first-order valence-electron chi connectivity index (χ1n) is 11.8. The fourth-order valence-electron chi connectivity index (χ4n) is 7.11. The molecule has 11 heteroatoms. The third kappa shape index (κ3) is 3.98. The quantitative estimate of drug-likeness (QED) is 0.611. The number of amides is 2. The average molecular weight is 529 g/mol. The number of hydrogen-bond acceptors (Lipinski definition) is 4. The molecule has 4 bridgehead atoms. The van der Waals surface area contributed by atoms with E-state index < -0.39 is 15.6 Å². The summed E-state index contributed by atoms with van der Waals surface area (Å²) in [7, 11) is -3.94. The summed E-state index contributed by atoms with van der Waals surface area (Å²) in [6.45, 7) is 2.07. The van der Waals surface area contributed by atoms with Gasteiger partial charge in [-0.3, -0.25) is 13.9 Å². The number of carbonyl (C=O) groups is 2. The van der Waals surface area contributed by atoms with Gasteiger partial charge < -0.3 is 11.1 Å². The van der Waals surface area contributed by atoms with Crippen LogP contribution in [-0.4, -0.2) is 50.2 Å². The third-order valence-corrected chi connectivity index (χ3v) is 10.7. The van der Waals surface area contributed by atoms with Gasteiger partial charge in [0.1, 0.15) is 0 Å². The summed E-state index contributed by atoms with van der Waals surface area (Å²) in [5.41, 5.74) is 6.39. The predicted octanol–water partition coefficient (Wildman–Crippen LogP) is 2.86. The zero-order valence-electron chi connectivity index (χ0n) is 19.1. The summed E-state index contributed by atoms with van der Waals surface area (Å²) in [5.74, 6) is 0.393. The molecule has 1 aromatic carbocycles. The molecule has 186 valence electrons. The van der Waals surface area contributed by atoms with Crippen molar-refractivity contribution in [2.75, 3.05) is 23.9 Å². The average Bonchev–Trinajstić information content (AvgIpc) is 2.72. The Morgan fingerprint density at radius 1 is 1.15 bits per heavy atom. The van der Waals surface area contributed by atoms with Crippen LogP contribution in [0.25, 0.3) is 0 Å². The van der Waals surface area contributed by atoms with Crippen molar-refractivity contribution >= 4 is 50.9 Å². The number of nitrogens with one attached hydrogen (secondary N) is 1. The van der Waals surface area contributed by atoms with Gasteiger partial charge in [-0.15, -0.1) is 0 Å². The lowest BCUT2D eigenvalue weighted by Crippen LogP contribution is -2.63. The van der Waals surface area contributed by atoms with Crippen molar-refractivity contribution < 1.29 is 18.0 Å². The molecule has 1 aromatic rings. The van der Waals surface area contributed by atoms with Gasteiger partial charge in [-0.2, -0.15) is 12.7 Å². The Morgan fingerprint density at radius 3 is 2.44 bits per heavy atom. The Hall–Kier alpha value is -1.55. The number of rotatable bonds is 5. The second-order valence-corrected chi connectivity index (χ2v) is 13.2. The number of hydrogen-bond donors (Lipinski definition) is 2. The van der Waals surface area contributed by atoms with Gasteiger partial charge in [0.2, 0.25) is 11.8 Å². The summed E-state index contributed by atoms with van der Waals surface area (Å²) in [4.78, 5) is 25.2. The summed E-state index contributed by atoms with van der Waals surface area (Å²) in [6, 6.07) is 3.17. The lowest BCUT2D eigenvalue weighted by molar-refractivity contribution is -0.147. The normalized spacial score (nSPS) is 34.3. The number of nitrogens with two attached hydrogens (primary N) is 1. The second kappa shape index (κ2) is 8.54. The highest BCUT2D eigenvalue weighted by molar-refractivity contribution is 7.90. The molecule has 34 heavy (non-hydrogen) atoms. The first-order valence-corrected chi connectivity index (χ1v) is 14.0. The van der Waals surface area contributed by atoms with E-state index in [1.807, 2.05) is 0 Å². The smallest absolute Gasteiger partial charge is 0.304 e. The van der Waals surface area contributed by atoms with Crippen LogP contribution >= 0.6 is 23.2 Å². The minimum atomic E-state index is -3.94. The molecule has 1 saturated heterocycles. The molecule has 4 aliphatic carbocycles. The van der Waals surface area contributed by atoms with E-state index in [-0.39, 0.29) is 54.3 Å². The predicted molar refractivity (Wildman–Crippen MR) is 131 cm³/mol. The first-order chi connectivity index (χ1) is 16.0. The molecule has 0 aromatic heterocycles. The van der Waals surface area contributed by atoms with E-state index in [0.717, 1.165) is 19.3 Å². The van der Waals surface area contributed by atoms with Gasteiger partial charge in [-0.25, -0.2) is 0 Å². The number of benzene rings is 1. The number of carbonyl (C=O) groups excluding carboxylic acids is 2. The lowest BCUT2D eigenvalue weighted by atomic mass is 9.47. The highest BCUT2D eigenvalue weighted by atomic mass is 35.5. The van der Waals surface area contributed by atoms with Gasteiger partial charge in [0.05, 0.1) is 17.3 Å². The molecule has 1 aliphatic heterocycles. The Bertz CT molecular complexity index is 1100. The molecule has 5 fully saturated rings. The van der Waals surface area contributed by atoms with E-state index >= 15 is 0 Å². The fourth-order valence-corrected chi connectivity index (χ4v) is 9.61. The largest absolute Gasteiger partial charge is 0.369 e. The van der Waals surface area contributed by atoms with Gasteiger partial charge in [0.15, 0.2) is 0 Å². The van der Waals surface area contributed by atoms with E-state index in [4.69, 9.17) is 28.9 Å². The number of anilines is 1. The fraction of sp³-hybridized carbons (Fsp3) is 0.652. The van der Waals surface area contributed by atoms with Gasteiger partial charge in [0.25, 0.3) is 0 Å². The van der Waals surface area contributed by atoms with E-state index in [1.54, 1.807) is 13.0 Å². The van der Waals surface area contributed by atoms with Gasteiger partial charge in [-0.05, 0) is 80.9 Å². The zero-order valence-corrected chi connectivity index (χ0v) is 21.4. The number of primary amides is 1. The van der Waals surface area contributed by atoms with Crippen molar-refractivity contribution in [2.45, 2.75) is 51.5 Å². The Kier molecular flexibility index (Phi) is 6.06. The topological polar surface area (TPSA) is 113 Å². The number of halogens is 2. The van der Waals surface area contributed by atoms with Crippen LogP contribution in [0.5, 0.6) is 0 Å². The number of nitrogens with zero attached hydrogens (tertiary/aromatic N) is 2. The summed E-state index contributed by atoms with van der Waals surface area (Å²) in [5, 5.41) is 3.83. The third-order valence-electron chi connectivity index (χ3n) is 8.29. The standard InChI is InChI=1S/C23H30Cl2N4O4S/c1-13-5-17(24)8-18(25)21(13)29-4-2-3-28(34(29,32)33)12-19(30)27-20-15-6-14-7-16(20)11-23(9-14,10-15)22(26)31/h5,8,14-16,20H,2-4,6-7,9-12H2,1H3,(H2,26,31)(H,27,30). The van der Waals surface area contributed by atoms with Crippen molar-refractivity contribution in [3.05, 3.63) is 27.7 Å². The van der Waals surface area contributed by atoms with Crippen molar-refractivity contribution in [3.63, 3.8) is 0 Å². The second-order valence-electron chi connectivity index (χ2n) is 10.5. The summed E-state index contributed by atoms with van der Waals surface area (Å²) < 4.78 is 29.3. The molecule has 2 amide bonds. The molecule has 5 aliphatic rings. The van der Waals surface area contributed by atoms with Crippen molar-refractivity contribution in [1.82, 2.24) is 9.62 Å². The molecular formula is C23H30Cl2N4O4S. The highest BCUT2D eigenvalue weighted by Gasteiger charge is 2.58. The van der Waals surface area contributed by atoms with Crippen LogP contribution in [0.2, 0.25) is 10.0 Å². The molecule has 0 radical (unpaired) electrons. The molecule has 8 nitrogen and oxygen atoms in total. The maximum atomic E-state index is 13.4. The van der Waals surface area contributed by atoms with Crippen LogP contribution in [0.15, 0.2) is 12.1 Å². The Morgan fingerprint density at radius 2 is 1.82 bits per heavy atom. The van der Waals surface area contributed by atoms with E-state index in [2.05, 4.69) is 5.32 Å². The first kappa shape index (κ1) is 24.2. The lowest BCUT2D eigenvalue weighted by Gasteiger charge is -2.58. The molecule has 0 spiro atoms. The van der Waals surface area contributed by atoms with E-state index in [9.17, 15) is 18.0 Å². The highest BCUT2D eigenvalue weighted by Crippen LogP contribution is 2.59. The maximum Gasteiger partial charge on any atom is 0.304 e. The molecular weight excluding hydrogens is 499 g/mol. The summed E-state index contributed by atoms with van der Waals surface area (Å²) in [6.07, 6.45) is 4.84. The van der Waals surface area contributed by atoms with Crippen molar-refractivity contribution in [2.24, 2.45) is 28.9 Å². The molecule has 3 N–H and O–H groups in total. The van der Waals surface area contributed by atoms with Crippen LogP contribution in [-0.2, 0) is 19.8 Å². The van der Waals surface area contributed by atoms with Crippen molar-refractivity contribution in [1.29, 1.82) is 0 Å². The van der Waals surface area contributed by atoms with Crippen LogP contribution in [0.4, 0.5) is 5.69 Å². The molecule has 2 atom stereocenters. The Labute approximate surface area is 210 Å². The minimum Gasteiger partial charge on any atom is -0.369 e. The minimum absolute atomic E-state index is 0.0342. The maximum absolute atomic E-state index is 13.4. The molecule has 6 rings (SSSR count). The van der Waals surface area contributed by atoms with E-state index in [1.165, 1.54) is 14.7 Å².